The van der Waals surface area contributed by atoms with Crippen LogP contribution >= 0.6 is 11.6 Å². The molecule has 1 N–H and O–H groups in total. The lowest BCUT2D eigenvalue weighted by atomic mass is 9.97. The van der Waals surface area contributed by atoms with Gasteiger partial charge < -0.3 is 19.4 Å². The molecule has 154 valence electrons. The minimum absolute atomic E-state index is 0.0529. The van der Waals surface area contributed by atoms with Crippen molar-refractivity contribution in [2.45, 2.75) is 45.8 Å². The average molecular weight is 417 g/mol. The monoisotopic (exact) mass is 416 g/mol. The molecule has 1 fully saturated rings. The number of fused-ring (bicyclic) bond motifs is 1. The number of halogens is 1. The Balaban J connectivity index is 1.59. The number of nitrogens with one attached hydrogen (secondary N) is 1. The molecule has 1 amide bonds. The molecule has 2 aliphatic rings. The van der Waals surface area contributed by atoms with Crippen LogP contribution in [0, 0.1) is 13.8 Å². The molecule has 6 nitrogen and oxygen atoms in total. The van der Waals surface area contributed by atoms with Crippen molar-refractivity contribution < 1.29 is 14.3 Å². The van der Waals surface area contributed by atoms with Crippen LogP contribution in [0.15, 0.2) is 23.0 Å². The van der Waals surface area contributed by atoms with Crippen LogP contribution < -0.4 is 10.3 Å². The maximum Gasteiger partial charge on any atom is 0.256 e. The molecule has 0 aliphatic carbocycles. The summed E-state index contributed by atoms with van der Waals surface area (Å²) in [7, 11) is 0. The highest BCUT2D eigenvalue weighted by molar-refractivity contribution is 6.35. The van der Waals surface area contributed by atoms with Crippen LogP contribution in [0.25, 0.3) is 0 Å². The molecule has 7 heteroatoms. The molecule has 4 rings (SSSR count). The second-order valence-corrected chi connectivity index (χ2v) is 8.17. The molecular weight excluding hydrogens is 392 g/mol. The molecule has 3 heterocycles. The molecule has 1 atom stereocenters. The lowest BCUT2D eigenvalue weighted by Crippen LogP contribution is -2.39. The zero-order valence-electron chi connectivity index (χ0n) is 16.7. The molecule has 0 bridgehead atoms. The highest BCUT2D eigenvalue weighted by Gasteiger charge is 2.30. The van der Waals surface area contributed by atoms with Gasteiger partial charge in [-0.25, -0.2) is 0 Å². The van der Waals surface area contributed by atoms with Gasteiger partial charge in [-0.15, -0.1) is 0 Å². The zero-order chi connectivity index (χ0) is 20.5. The Kier molecular flexibility index (Phi) is 5.65. The fourth-order valence-electron chi connectivity index (χ4n) is 4.05. The second kappa shape index (κ2) is 8.20. The standard InChI is InChI=1S/C22H25ClN2O4/c1-13-10-14(2)24-21(26)17(13)11-25-8-7-15-5-6-18(20(23)19(15)22(25)27)29-16-4-3-9-28-12-16/h5-6,10,16H,3-4,7-9,11-12H2,1-2H3,(H,24,26)/t16-/m1/s1. The van der Waals surface area contributed by atoms with Crippen molar-refractivity contribution in [3.05, 3.63) is 61.5 Å². The Hall–Kier alpha value is -2.31. The molecule has 0 saturated carbocycles. The number of benzene rings is 1. The normalized spacial score (nSPS) is 19.2. The van der Waals surface area contributed by atoms with Crippen molar-refractivity contribution in [3.8, 4) is 5.75 Å². The largest absolute Gasteiger partial charge is 0.486 e. The highest BCUT2D eigenvalue weighted by atomic mass is 35.5. The van der Waals surface area contributed by atoms with Crippen LogP contribution in [0.2, 0.25) is 5.02 Å². The Labute approximate surface area is 174 Å². The fraction of sp³-hybridized carbons (Fsp3) is 0.455. The third-order valence-corrected chi connectivity index (χ3v) is 5.98. The Morgan fingerprint density at radius 3 is 2.86 bits per heavy atom. The first-order chi connectivity index (χ1) is 13.9. The molecule has 1 saturated heterocycles. The maximum atomic E-state index is 13.2. The molecule has 0 spiro atoms. The van der Waals surface area contributed by atoms with E-state index in [1.54, 1.807) is 4.90 Å². The summed E-state index contributed by atoms with van der Waals surface area (Å²) in [4.78, 5) is 30.1. The van der Waals surface area contributed by atoms with Gasteiger partial charge >= 0.3 is 0 Å². The molecule has 0 unspecified atom stereocenters. The van der Waals surface area contributed by atoms with Gasteiger partial charge in [0.1, 0.15) is 11.9 Å². The van der Waals surface area contributed by atoms with E-state index in [2.05, 4.69) is 4.98 Å². The van der Waals surface area contributed by atoms with Gasteiger partial charge in [-0.2, -0.15) is 0 Å². The van der Waals surface area contributed by atoms with Crippen LogP contribution in [0.3, 0.4) is 0 Å². The van der Waals surface area contributed by atoms with E-state index in [1.165, 1.54) is 0 Å². The predicted octanol–water partition coefficient (Wildman–Crippen LogP) is 3.40. The van der Waals surface area contributed by atoms with E-state index < -0.39 is 0 Å². The van der Waals surface area contributed by atoms with E-state index in [-0.39, 0.29) is 24.1 Å². The minimum Gasteiger partial charge on any atom is -0.486 e. The number of pyridine rings is 1. The lowest BCUT2D eigenvalue weighted by molar-refractivity contribution is 0.00741. The maximum absolute atomic E-state index is 13.2. The number of aromatic amines is 1. The summed E-state index contributed by atoms with van der Waals surface area (Å²) in [5, 5.41) is 0.345. The van der Waals surface area contributed by atoms with Crippen LogP contribution in [-0.2, 0) is 17.7 Å². The number of H-pyrrole nitrogens is 1. The van der Waals surface area contributed by atoms with Gasteiger partial charge in [0, 0.05) is 24.4 Å². The van der Waals surface area contributed by atoms with E-state index in [1.807, 2.05) is 32.0 Å². The van der Waals surface area contributed by atoms with Crippen LogP contribution in [0.5, 0.6) is 5.75 Å². The molecule has 2 aliphatic heterocycles. The van der Waals surface area contributed by atoms with Crippen molar-refractivity contribution in [1.29, 1.82) is 0 Å². The number of rotatable bonds is 4. The zero-order valence-corrected chi connectivity index (χ0v) is 17.5. The number of nitrogens with zero attached hydrogens (tertiary/aromatic N) is 1. The topological polar surface area (TPSA) is 71.6 Å². The Bertz CT molecular complexity index is 995. The van der Waals surface area contributed by atoms with Gasteiger partial charge in [-0.05, 0) is 56.4 Å². The van der Waals surface area contributed by atoms with Gasteiger partial charge in [-0.3, -0.25) is 9.59 Å². The first-order valence-corrected chi connectivity index (χ1v) is 10.4. The number of aromatic nitrogens is 1. The third kappa shape index (κ3) is 4.05. The van der Waals surface area contributed by atoms with E-state index in [0.29, 0.717) is 41.5 Å². The van der Waals surface area contributed by atoms with Gasteiger partial charge in [0.05, 0.1) is 23.7 Å². The van der Waals surface area contributed by atoms with Gasteiger partial charge in [0.2, 0.25) is 0 Å². The molecular formula is C22H25ClN2O4. The van der Waals surface area contributed by atoms with Gasteiger partial charge in [0.15, 0.2) is 0 Å². The van der Waals surface area contributed by atoms with Crippen molar-refractivity contribution in [3.63, 3.8) is 0 Å². The fourth-order valence-corrected chi connectivity index (χ4v) is 4.36. The summed E-state index contributed by atoms with van der Waals surface area (Å²) in [6.45, 7) is 5.83. The first-order valence-electron chi connectivity index (χ1n) is 9.98. The van der Waals surface area contributed by atoms with Crippen molar-refractivity contribution in [2.24, 2.45) is 0 Å². The van der Waals surface area contributed by atoms with Gasteiger partial charge in [-0.1, -0.05) is 17.7 Å². The number of amides is 1. The summed E-state index contributed by atoms with van der Waals surface area (Å²) in [5.41, 5.74) is 3.54. The number of hydrogen-bond acceptors (Lipinski definition) is 4. The minimum atomic E-state index is -0.166. The van der Waals surface area contributed by atoms with Crippen LogP contribution in [-0.4, -0.2) is 41.7 Å². The Morgan fingerprint density at radius 2 is 2.14 bits per heavy atom. The Morgan fingerprint density at radius 1 is 1.31 bits per heavy atom. The number of ether oxygens (including phenoxy) is 2. The SMILES string of the molecule is Cc1cc(C)c(CN2CCc3ccc(O[C@@H]4CCCOC4)c(Cl)c3C2=O)c(=O)[nH]1. The summed E-state index contributed by atoms with van der Waals surface area (Å²) in [6, 6.07) is 5.68. The summed E-state index contributed by atoms with van der Waals surface area (Å²) in [6.07, 6.45) is 2.49. The second-order valence-electron chi connectivity index (χ2n) is 7.79. The lowest BCUT2D eigenvalue weighted by Gasteiger charge is -2.30. The number of aryl methyl sites for hydroxylation is 2. The number of carbonyl (C=O) groups excluding carboxylic acids is 1. The summed E-state index contributed by atoms with van der Waals surface area (Å²) >= 11 is 6.61. The van der Waals surface area contributed by atoms with Crippen LogP contribution in [0.4, 0.5) is 0 Å². The summed E-state index contributed by atoms with van der Waals surface area (Å²) in [5.74, 6) is 0.349. The van der Waals surface area contributed by atoms with E-state index in [4.69, 9.17) is 21.1 Å². The smallest absolute Gasteiger partial charge is 0.256 e. The molecule has 2 aromatic rings. The van der Waals surface area contributed by atoms with E-state index in [0.717, 1.165) is 36.3 Å². The van der Waals surface area contributed by atoms with E-state index >= 15 is 0 Å². The summed E-state index contributed by atoms with van der Waals surface area (Å²) < 4.78 is 11.5. The van der Waals surface area contributed by atoms with Gasteiger partial charge in [0.25, 0.3) is 11.5 Å². The third-order valence-electron chi connectivity index (χ3n) is 5.60. The molecule has 1 aromatic carbocycles. The molecule has 0 radical (unpaired) electrons. The van der Waals surface area contributed by atoms with Crippen molar-refractivity contribution in [2.75, 3.05) is 19.8 Å². The number of carbonyl (C=O) groups is 1. The number of hydrogen-bond donors (Lipinski definition) is 1. The van der Waals surface area contributed by atoms with E-state index in [9.17, 15) is 9.59 Å². The molecule has 29 heavy (non-hydrogen) atoms. The van der Waals surface area contributed by atoms with Crippen LogP contribution in [0.1, 0.15) is 45.6 Å². The predicted molar refractivity (Wildman–Crippen MR) is 111 cm³/mol. The molecule has 1 aromatic heterocycles. The highest BCUT2D eigenvalue weighted by Crippen LogP contribution is 2.35. The quantitative estimate of drug-likeness (QED) is 0.829. The first kappa shape index (κ1) is 20.0. The average Bonchev–Trinajstić information content (AvgIpc) is 2.69. The van der Waals surface area contributed by atoms with Crippen molar-refractivity contribution in [1.82, 2.24) is 9.88 Å². The van der Waals surface area contributed by atoms with Crippen molar-refractivity contribution >= 4 is 17.5 Å².